The maximum Gasteiger partial charge on any atom is 0.133 e. The van der Waals surface area contributed by atoms with Crippen LogP contribution in [0.3, 0.4) is 0 Å². The van der Waals surface area contributed by atoms with E-state index in [2.05, 4.69) is 20.8 Å². The second-order valence-electron chi connectivity index (χ2n) is 9.50. The quantitative estimate of drug-likeness (QED) is 0.728. The van der Waals surface area contributed by atoms with E-state index in [1.54, 1.807) is 0 Å². The minimum atomic E-state index is -0.0747. The van der Waals surface area contributed by atoms with Gasteiger partial charge in [-0.2, -0.15) is 0 Å². The third-order valence-corrected chi connectivity index (χ3v) is 8.98. The van der Waals surface area contributed by atoms with E-state index in [0.717, 1.165) is 37.0 Å². The molecule has 0 aromatic rings. The van der Waals surface area contributed by atoms with E-state index >= 15 is 0 Å². The van der Waals surface area contributed by atoms with Crippen LogP contribution in [-0.4, -0.2) is 17.0 Å². The van der Waals surface area contributed by atoms with Crippen molar-refractivity contribution >= 4 is 5.78 Å². The van der Waals surface area contributed by atoms with Crippen LogP contribution in [0.1, 0.15) is 72.1 Å². The summed E-state index contributed by atoms with van der Waals surface area (Å²) in [5, 5.41) is 10.5. The summed E-state index contributed by atoms with van der Waals surface area (Å²) in [4.78, 5) is 12.1. The molecule has 6 unspecified atom stereocenters. The summed E-state index contributed by atoms with van der Waals surface area (Å²) in [5.74, 6) is 3.99. The SMILES string of the molecule is CC1CC(=O)CC2CCC3C4CCC(O)[C@@]4(C)CCC3[C@@]12C. The van der Waals surface area contributed by atoms with Gasteiger partial charge in [0.05, 0.1) is 6.10 Å². The van der Waals surface area contributed by atoms with Crippen LogP contribution in [0.2, 0.25) is 0 Å². The van der Waals surface area contributed by atoms with Gasteiger partial charge in [0, 0.05) is 12.8 Å². The number of aliphatic hydroxyl groups excluding tert-OH is 1. The van der Waals surface area contributed by atoms with Crippen molar-refractivity contribution < 1.29 is 9.90 Å². The molecule has 0 bridgehead atoms. The number of aliphatic hydroxyl groups is 1. The molecular weight excluding hydrogens is 272 g/mol. The lowest BCUT2D eigenvalue weighted by atomic mass is 9.43. The van der Waals surface area contributed by atoms with Gasteiger partial charge < -0.3 is 5.11 Å². The Kier molecular flexibility index (Phi) is 3.32. The zero-order valence-electron chi connectivity index (χ0n) is 14.5. The van der Waals surface area contributed by atoms with Gasteiger partial charge in [-0.1, -0.05) is 20.8 Å². The van der Waals surface area contributed by atoms with E-state index < -0.39 is 0 Å². The summed E-state index contributed by atoms with van der Waals surface area (Å²) in [7, 11) is 0. The van der Waals surface area contributed by atoms with E-state index in [1.165, 1.54) is 32.1 Å². The van der Waals surface area contributed by atoms with E-state index in [1.807, 2.05) is 0 Å². The molecule has 2 nitrogen and oxygen atoms in total. The number of fused-ring (bicyclic) bond motifs is 5. The molecule has 0 aliphatic heterocycles. The Morgan fingerprint density at radius 3 is 2.55 bits per heavy atom. The highest BCUT2D eigenvalue weighted by Gasteiger charge is 2.61. The van der Waals surface area contributed by atoms with Crippen LogP contribution < -0.4 is 0 Å². The summed E-state index contributed by atoms with van der Waals surface area (Å²) in [6.07, 6.45) is 8.84. The van der Waals surface area contributed by atoms with Gasteiger partial charge in [-0.3, -0.25) is 4.79 Å². The Hall–Kier alpha value is -0.370. The Morgan fingerprint density at radius 2 is 1.77 bits per heavy atom. The third kappa shape index (κ3) is 1.79. The Labute approximate surface area is 135 Å². The van der Waals surface area contributed by atoms with E-state index in [0.29, 0.717) is 23.0 Å². The molecule has 0 saturated heterocycles. The Morgan fingerprint density at radius 1 is 1.00 bits per heavy atom. The third-order valence-electron chi connectivity index (χ3n) is 8.98. The fraction of sp³-hybridized carbons (Fsp3) is 0.950. The molecule has 0 aromatic heterocycles. The number of carbonyl (C=O) groups excluding carboxylic acids is 1. The molecule has 1 N–H and O–H groups in total. The molecule has 0 amide bonds. The van der Waals surface area contributed by atoms with Crippen molar-refractivity contribution in [3.63, 3.8) is 0 Å². The summed E-state index contributed by atoms with van der Waals surface area (Å²) in [6.45, 7) is 7.21. The van der Waals surface area contributed by atoms with Crippen molar-refractivity contribution in [2.75, 3.05) is 0 Å². The number of rotatable bonds is 0. The van der Waals surface area contributed by atoms with Crippen molar-refractivity contribution in [3.05, 3.63) is 0 Å². The predicted molar refractivity (Wildman–Crippen MR) is 87.3 cm³/mol. The minimum absolute atomic E-state index is 0.0747. The van der Waals surface area contributed by atoms with Gasteiger partial charge in [0.15, 0.2) is 0 Å². The van der Waals surface area contributed by atoms with Crippen LogP contribution >= 0.6 is 0 Å². The highest BCUT2D eigenvalue weighted by Crippen LogP contribution is 2.66. The van der Waals surface area contributed by atoms with Crippen LogP contribution in [0.25, 0.3) is 0 Å². The first-order valence-corrected chi connectivity index (χ1v) is 9.57. The average molecular weight is 304 g/mol. The zero-order chi connectivity index (χ0) is 15.7. The monoisotopic (exact) mass is 304 g/mol. The first-order chi connectivity index (χ1) is 10.4. The summed E-state index contributed by atoms with van der Waals surface area (Å²) >= 11 is 0. The average Bonchev–Trinajstić information content (AvgIpc) is 2.77. The van der Waals surface area contributed by atoms with Gasteiger partial charge in [-0.15, -0.1) is 0 Å². The lowest BCUT2D eigenvalue weighted by Gasteiger charge is -2.62. The van der Waals surface area contributed by atoms with Crippen molar-refractivity contribution in [2.24, 2.45) is 40.4 Å². The zero-order valence-corrected chi connectivity index (χ0v) is 14.5. The predicted octanol–water partition coefficient (Wildman–Crippen LogP) is 4.21. The molecule has 8 atom stereocenters. The van der Waals surface area contributed by atoms with Crippen molar-refractivity contribution in [2.45, 2.75) is 78.2 Å². The van der Waals surface area contributed by atoms with Gasteiger partial charge in [-0.05, 0) is 78.9 Å². The van der Waals surface area contributed by atoms with Gasteiger partial charge >= 0.3 is 0 Å². The van der Waals surface area contributed by atoms with Gasteiger partial charge in [0.2, 0.25) is 0 Å². The second kappa shape index (κ2) is 4.82. The lowest BCUT2D eigenvalue weighted by molar-refractivity contribution is -0.154. The number of hydrogen-bond acceptors (Lipinski definition) is 2. The fourth-order valence-electron chi connectivity index (χ4n) is 7.45. The smallest absolute Gasteiger partial charge is 0.133 e. The summed E-state index contributed by atoms with van der Waals surface area (Å²) < 4.78 is 0. The molecule has 124 valence electrons. The number of Topliss-reactive ketones (excluding diaryl/α,β-unsaturated/α-hetero) is 1. The highest BCUT2D eigenvalue weighted by molar-refractivity contribution is 5.80. The molecule has 4 aliphatic carbocycles. The molecule has 0 aromatic carbocycles. The topological polar surface area (TPSA) is 37.3 Å². The standard InChI is InChI=1S/C20H32O2/c1-12-10-14(21)11-13-4-5-15-16-6-7-18(22)19(16,2)9-8-17(15)20(12,13)3/h12-13,15-18,22H,4-11H2,1-3H3/t12?,13?,15?,16?,17?,18?,19-,20-/m0/s1. The van der Waals surface area contributed by atoms with E-state index in [9.17, 15) is 9.90 Å². The number of ketones is 1. The maximum absolute atomic E-state index is 12.1. The van der Waals surface area contributed by atoms with Crippen molar-refractivity contribution in [3.8, 4) is 0 Å². The van der Waals surface area contributed by atoms with Crippen LogP contribution in [-0.2, 0) is 4.79 Å². The maximum atomic E-state index is 12.1. The molecule has 22 heavy (non-hydrogen) atoms. The molecule has 4 rings (SSSR count). The van der Waals surface area contributed by atoms with Crippen LogP contribution in [0, 0.1) is 40.4 Å². The molecule has 2 heteroatoms. The van der Waals surface area contributed by atoms with Gasteiger partial charge in [0.25, 0.3) is 0 Å². The second-order valence-corrected chi connectivity index (χ2v) is 9.50. The van der Waals surface area contributed by atoms with Crippen LogP contribution in [0.15, 0.2) is 0 Å². The first kappa shape index (κ1) is 15.2. The molecule has 4 saturated carbocycles. The summed E-state index contributed by atoms with van der Waals surface area (Å²) in [5.41, 5.74) is 0.545. The van der Waals surface area contributed by atoms with E-state index in [-0.39, 0.29) is 11.5 Å². The molecule has 0 radical (unpaired) electrons. The molecule has 0 spiro atoms. The van der Waals surface area contributed by atoms with Gasteiger partial charge in [-0.25, -0.2) is 0 Å². The summed E-state index contributed by atoms with van der Waals surface area (Å²) in [6, 6.07) is 0. The molecule has 4 fully saturated rings. The lowest BCUT2D eigenvalue weighted by Crippen LogP contribution is -2.56. The minimum Gasteiger partial charge on any atom is -0.393 e. The van der Waals surface area contributed by atoms with Crippen LogP contribution in [0.5, 0.6) is 0 Å². The number of hydrogen-bond donors (Lipinski definition) is 1. The van der Waals surface area contributed by atoms with Gasteiger partial charge in [0.1, 0.15) is 5.78 Å². The first-order valence-electron chi connectivity index (χ1n) is 9.57. The Balaban J connectivity index is 1.67. The van der Waals surface area contributed by atoms with Crippen molar-refractivity contribution in [1.29, 1.82) is 0 Å². The van der Waals surface area contributed by atoms with Crippen LogP contribution in [0.4, 0.5) is 0 Å². The van der Waals surface area contributed by atoms with E-state index in [4.69, 9.17) is 0 Å². The Bertz CT molecular complexity index is 486. The molecule has 4 aliphatic rings. The van der Waals surface area contributed by atoms with Crippen molar-refractivity contribution in [1.82, 2.24) is 0 Å². The fourth-order valence-corrected chi connectivity index (χ4v) is 7.45. The largest absolute Gasteiger partial charge is 0.393 e. The number of carbonyl (C=O) groups is 1. The highest BCUT2D eigenvalue weighted by atomic mass is 16.3. The molecule has 0 heterocycles. The molecular formula is C20H32O2. The normalized spacial score (nSPS) is 57.9.